The van der Waals surface area contributed by atoms with Gasteiger partial charge in [-0.1, -0.05) is 90.7 Å². The summed E-state index contributed by atoms with van der Waals surface area (Å²) in [6.07, 6.45) is 12.4. The lowest BCUT2D eigenvalue weighted by molar-refractivity contribution is -0.135. The lowest BCUT2D eigenvalue weighted by atomic mass is 10.1. The molecule has 0 N–H and O–H groups in total. The smallest absolute Gasteiger partial charge is 0.311 e. The zero-order chi connectivity index (χ0) is 28.5. The van der Waals surface area contributed by atoms with Crippen LogP contribution in [0.4, 0.5) is 0 Å². The lowest BCUT2D eigenvalue weighted by Crippen LogP contribution is -2.14. The van der Waals surface area contributed by atoms with Gasteiger partial charge in [0.15, 0.2) is 11.5 Å². The molecule has 0 unspecified atom stereocenters. The lowest BCUT2D eigenvalue weighted by Gasteiger charge is -2.21. The largest absolute Gasteiger partial charge is 0.486 e. The van der Waals surface area contributed by atoms with Crippen molar-refractivity contribution in [2.45, 2.75) is 118 Å². The van der Waals surface area contributed by atoms with Crippen LogP contribution in [-0.4, -0.2) is 25.2 Å². The number of hydrogen-bond donors (Lipinski definition) is 0. The van der Waals surface area contributed by atoms with E-state index in [2.05, 4.69) is 13.8 Å². The van der Waals surface area contributed by atoms with E-state index in [1.165, 1.54) is 0 Å². The first-order valence-corrected chi connectivity index (χ1v) is 15.3. The average molecular weight is 563 g/mol. The van der Waals surface area contributed by atoms with E-state index in [4.69, 9.17) is 30.5 Å². The summed E-state index contributed by atoms with van der Waals surface area (Å²) >= 11 is 6.39. The Kier molecular flexibility index (Phi) is 15.7. The summed E-state index contributed by atoms with van der Waals surface area (Å²) < 4.78 is 24.2. The number of fused-ring (bicyclic) bond motifs is 1. The number of ether oxygens (including phenoxy) is 4. The van der Waals surface area contributed by atoms with Crippen molar-refractivity contribution < 1.29 is 28.5 Å². The highest BCUT2D eigenvalue weighted by Crippen LogP contribution is 2.52. The van der Waals surface area contributed by atoms with Crippen LogP contribution >= 0.6 is 11.6 Å². The van der Waals surface area contributed by atoms with Gasteiger partial charge in [0.1, 0.15) is 0 Å². The van der Waals surface area contributed by atoms with E-state index in [1.54, 1.807) is 18.2 Å². The van der Waals surface area contributed by atoms with Gasteiger partial charge in [0, 0.05) is 28.6 Å². The van der Waals surface area contributed by atoms with Gasteiger partial charge in [-0.05, 0) is 43.9 Å². The summed E-state index contributed by atoms with van der Waals surface area (Å²) in [6, 6.07) is 5.21. The second-order valence-electron chi connectivity index (χ2n) is 9.98. The second-order valence-corrected chi connectivity index (χ2v) is 10.4. The summed E-state index contributed by atoms with van der Waals surface area (Å²) in [5.41, 5.74) is 0. The molecule has 0 saturated carbocycles. The Morgan fingerprint density at radius 2 is 1.05 bits per heavy atom. The van der Waals surface area contributed by atoms with Gasteiger partial charge in [-0.25, -0.2) is 0 Å². The van der Waals surface area contributed by atoms with Crippen molar-refractivity contribution in [1.82, 2.24) is 0 Å². The fourth-order valence-corrected chi connectivity index (χ4v) is 4.47. The highest BCUT2D eigenvalue weighted by atomic mass is 35.5. The maximum Gasteiger partial charge on any atom is 0.311 e. The minimum atomic E-state index is -0.340. The normalized spacial score (nSPS) is 11.0. The zero-order valence-corrected chi connectivity index (χ0v) is 25.1. The molecular weight excluding hydrogens is 516 g/mol. The van der Waals surface area contributed by atoms with E-state index in [0.29, 0.717) is 41.9 Å². The molecule has 0 saturated heterocycles. The molecule has 39 heavy (non-hydrogen) atoms. The highest BCUT2D eigenvalue weighted by Gasteiger charge is 2.28. The number of rotatable bonds is 20. The minimum Gasteiger partial charge on any atom is -0.486 e. The predicted molar refractivity (Wildman–Crippen MR) is 159 cm³/mol. The van der Waals surface area contributed by atoms with Crippen LogP contribution in [-0.2, 0) is 9.59 Å². The van der Waals surface area contributed by atoms with Gasteiger partial charge in [0.05, 0.1) is 13.2 Å². The maximum absolute atomic E-state index is 12.9. The first kappa shape index (κ1) is 32.7. The van der Waals surface area contributed by atoms with Crippen molar-refractivity contribution in [3.05, 3.63) is 23.2 Å². The maximum atomic E-state index is 12.9. The highest BCUT2D eigenvalue weighted by molar-refractivity contribution is 6.31. The molecule has 0 aliphatic carbocycles. The Hall–Kier alpha value is -2.47. The summed E-state index contributed by atoms with van der Waals surface area (Å²) in [7, 11) is 0. The van der Waals surface area contributed by atoms with Crippen LogP contribution in [0.3, 0.4) is 0 Å². The van der Waals surface area contributed by atoms with Crippen molar-refractivity contribution in [3.63, 3.8) is 0 Å². The van der Waals surface area contributed by atoms with Crippen molar-refractivity contribution in [2.75, 3.05) is 13.2 Å². The SMILES string of the molecule is CCCCCCCC(=O)Oc1c(OCCC)c(OCCC)c(OC(=O)CCCCCCC)c2cc(Cl)ccc12. The zero-order valence-electron chi connectivity index (χ0n) is 24.4. The molecule has 0 bridgehead atoms. The molecule has 6 nitrogen and oxygen atoms in total. The standard InChI is InChI=1S/C32H47ClO6/c1-5-9-11-13-15-17-27(34)38-29-25-20-19-24(33)23-26(25)30(39-28(35)18-16-14-12-10-6-2)32(37-22-8-4)31(29)36-21-7-3/h19-20,23H,5-18,21-22H2,1-4H3. The molecule has 0 fully saturated rings. The summed E-state index contributed by atoms with van der Waals surface area (Å²) in [5, 5.41) is 1.60. The third-order valence-electron chi connectivity index (χ3n) is 6.39. The van der Waals surface area contributed by atoms with E-state index in [0.717, 1.165) is 77.0 Å². The number of esters is 2. The molecule has 2 aromatic carbocycles. The molecule has 0 aliphatic heterocycles. The van der Waals surface area contributed by atoms with Crippen molar-refractivity contribution in [1.29, 1.82) is 0 Å². The molecule has 7 heteroatoms. The number of unbranched alkanes of at least 4 members (excludes halogenated alkanes) is 8. The summed E-state index contributed by atoms with van der Waals surface area (Å²) in [4.78, 5) is 25.9. The average Bonchev–Trinajstić information content (AvgIpc) is 2.92. The fourth-order valence-electron chi connectivity index (χ4n) is 4.30. The first-order chi connectivity index (χ1) is 19.0. The Morgan fingerprint density at radius 1 is 0.590 bits per heavy atom. The van der Waals surface area contributed by atoms with Gasteiger partial charge >= 0.3 is 11.9 Å². The van der Waals surface area contributed by atoms with E-state index < -0.39 is 0 Å². The van der Waals surface area contributed by atoms with Gasteiger partial charge in [0.2, 0.25) is 11.5 Å². The molecule has 0 aliphatic rings. The Morgan fingerprint density at radius 3 is 1.51 bits per heavy atom. The van der Waals surface area contributed by atoms with Gasteiger partial charge < -0.3 is 18.9 Å². The number of benzene rings is 2. The van der Waals surface area contributed by atoms with Crippen LogP contribution in [0.1, 0.15) is 118 Å². The van der Waals surface area contributed by atoms with E-state index in [9.17, 15) is 9.59 Å². The fraction of sp³-hybridized carbons (Fsp3) is 0.625. The van der Waals surface area contributed by atoms with Crippen molar-refractivity contribution in [3.8, 4) is 23.0 Å². The van der Waals surface area contributed by atoms with E-state index in [1.807, 2.05) is 13.8 Å². The van der Waals surface area contributed by atoms with Crippen molar-refractivity contribution >= 4 is 34.3 Å². The molecule has 0 heterocycles. The van der Waals surface area contributed by atoms with Crippen LogP contribution < -0.4 is 18.9 Å². The third-order valence-corrected chi connectivity index (χ3v) is 6.63. The van der Waals surface area contributed by atoms with Crippen LogP contribution in [0.15, 0.2) is 18.2 Å². The molecule has 0 aromatic heterocycles. The molecule has 0 radical (unpaired) electrons. The second kappa shape index (κ2) is 18.8. The Balaban J connectivity index is 2.48. The Labute approximate surface area is 239 Å². The molecule has 0 amide bonds. The molecule has 218 valence electrons. The number of carbonyl (C=O) groups excluding carboxylic acids is 2. The monoisotopic (exact) mass is 562 g/mol. The van der Waals surface area contributed by atoms with Crippen LogP contribution in [0.25, 0.3) is 10.8 Å². The number of halogens is 1. The quantitative estimate of drug-likeness (QED) is 0.0908. The van der Waals surface area contributed by atoms with Gasteiger partial charge in [-0.2, -0.15) is 0 Å². The van der Waals surface area contributed by atoms with E-state index in [-0.39, 0.29) is 34.9 Å². The van der Waals surface area contributed by atoms with Crippen molar-refractivity contribution in [2.24, 2.45) is 0 Å². The third kappa shape index (κ3) is 10.9. The molecule has 2 rings (SSSR count). The van der Waals surface area contributed by atoms with Crippen LogP contribution in [0, 0.1) is 0 Å². The summed E-state index contributed by atoms with van der Waals surface area (Å²) in [5.74, 6) is 0.411. The first-order valence-electron chi connectivity index (χ1n) is 14.9. The predicted octanol–water partition coefficient (Wildman–Crippen LogP) is 9.60. The van der Waals surface area contributed by atoms with Gasteiger partial charge in [0.25, 0.3) is 0 Å². The van der Waals surface area contributed by atoms with Gasteiger partial charge in [-0.15, -0.1) is 0 Å². The molecule has 0 spiro atoms. The van der Waals surface area contributed by atoms with E-state index >= 15 is 0 Å². The van der Waals surface area contributed by atoms with Crippen LogP contribution in [0.5, 0.6) is 23.0 Å². The molecular formula is C32H47ClO6. The van der Waals surface area contributed by atoms with Crippen LogP contribution in [0.2, 0.25) is 5.02 Å². The van der Waals surface area contributed by atoms with Gasteiger partial charge in [-0.3, -0.25) is 9.59 Å². The number of carbonyl (C=O) groups is 2. The topological polar surface area (TPSA) is 71.1 Å². The number of hydrogen-bond acceptors (Lipinski definition) is 6. The summed E-state index contributed by atoms with van der Waals surface area (Å²) in [6.45, 7) is 9.07. The Bertz CT molecular complexity index is 1040. The molecule has 0 atom stereocenters. The minimum absolute atomic E-state index is 0.255. The molecule has 2 aromatic rings.